The quantitative estimate of drug-likeness (QED) is 0.675. The number of aryl methyl sites for hydroxylation is 2. The number of imidazole rings is 1. The summed E-state index contributed by atoms with van der Waals surface area (Å²) in [4.78, 5) is 15.8. The molecular weight excluding hydrogens is 180 g/mol. The number of carbonyl (C=O) groups excluding carboxylic acids is 1. The van der Waals surface area contributed by atoms with Crippen molar-refractivity contribution in [3.05, 3.63) is 41.9 Å². The average Bonchev–Trinajstić information content (AvgIpc) is 2.73. The molecule has 0 saturated carbocycles. The van der Waals surface area contributed by atoms with Crippen molar-refractivity contribution in [2.75, 3.05) is 0 Å². The maximum atomic E-state index is 11.8. The summed E-state index contributed by atoms with van der Waals surface area (Å²) < 4.78 is 6.77. The van der Waals surface area contributed by atoms with E-state index in [9.17, 15) is 4.79 Å². The van der Waals surface area contributed by atoms with Crippen LogP contribution in [0.2, 0.25) is 0 Å². The topological polar surface area (TPSA) is 48.0 Å². The Morgan fingerprint density at radius 3 is 2.86 bits per heavy atom. The third-order valence-corrected chi connectivity index (χ3v) is 2.09. The van der Waals surface area contributed by atoms with Crippen molar-refractivity contribution in [1.29, 1.82) is 0 Å². The number of carbonyl (C=O) groups is 1. The average molecular weight is 190 g/mol. The van der Waals surface area contributed by atoms with Crippen molar-refractivity contribution in [2.45, 2.75) is 6.92 Å². The zero-order valence-corrected chi connectivity index (χ0v) is 8.02. The maximum Gasteiger partial charge on any atom is 0.263 e. The van der Waals surface area contributed by atoms with Crippen LogP contribution in [0.15, 0.2) is 29.1 Å². The van der Waals surface area contributed by atoms with Gasteiger partial charge in [0.1, 0.15) is 0 Å². The van der Waals surface area contributed by atoms with Crippen molar-refractivity contribution in [1.82, 2.24) is 9.55 Å². The summed E-state index contributed by atoms with van der Waals surface area (Å²) in [5.74, 6) is 0.572. The molecule has 0 fully saturated rings. The lowest BCUT2D eigenvalue weighted by molar-refractivity contribution is 0.0995. The van der Waals surface area contributed by atoms with Crippen LogP contribution in [0.3, 0.4) is 0 Å². The molecule has 0 atom stereocenters. The molecule has 14 heavy (non-hydrogen) atoms. The van der Waals surface area contributed by atoms with Crippen LogP contribution >= 0.6 is 0 Å². The summed E-state index contributed by atoms with van der Waals surface area (Å²) in [6, 6.07) is 1.76. The zero-order valence-electron chi connectivity index (χ0n) is 8.02. The van der Waals surface area contributed by atoms with Gasteiger partial charge >= 0.3 is 0 Å². The fraction of sp³-hybridized carbons (Fsp3) is 0.200. The number of hydrogen-bond donors (Lipinski definition) is 0. The van der Waals surface area contributed by atoms with E-state index in [1.165, 1.54) is 6.26 Å². The number of furan rings is 1. The molecule has 0 aliphatic rings. The Kier molecular flexibility index (Phi) is 1.96. The number of hydrogen-bond acceptors (Lipinski definition) is 3. The Labute approximate surface area is 81.2 Å². The minimum Gasteiger partial charge on any atom is -0.460 e. The molecule has 0 spiro atoms. The molecule has 0 unspecified atom stereocenters. The second-order valence-corrected chi connectivity index (χ2v) is 3.12. The lowest BCUT2D eigenvalue weighted by atomic mass is 10.2. The van der Waals surface area contributed by atoms with Crippen LogP contribution in [0.25, 0.3) is 0 Å². The Morgan fingerprint density at radius 1 is 1.57 bits per heavy atom. The molecule has 2 aromatic heterocycles. The van der Waals surface area contributed by atoms with Crippen molar-refractivity contribution in [3.8, 4) is 0 Å². The summed E-state index contributed by atoms with van der Waals surface area (Å²) in [5, 5.41) is 0. The first-order chi connectivity index (χ1) is 6.70. The van der Waals surface area contributed by atoms with Gasteiger partial charge in [-0.25, -0.2) is 4.98 Å². The van der Waals surface area contributed by atoms with E-state index in [4.69, 9.17) is 4.42 Å². The van der Waals surface area contributed by atoms with Gasteiger partial charge in [0.15, 0.2) is 11.6 Å². The van der Waals surface area contributed by atoms with Crippen LogP contribution in [0.1, 0.15) is 21.9 Å². The lowest BCUT2D eigenvalue weighted by Gasteiger charge is -1.98. The van der Waals surface area contributed by atoms with E-state index in [1.54, 1.807) is 30.1 Å². The minimum atomic E-state index is -0.181. The van der Waals surface area contributed by atoms with Crippen molar-refractivity contribution < 1.29 is 9.21 Å². The first kappa shape index (κ1) is 8.74. The van der Waals surface area contributed by atoms with Gasteiger partial charge in [-0.3, -0.25) is 4.79 Å². The van der Waals surface area contributed by atoms with Gasteiger partial charge in [-0.05, 0) is 18.6 Å². The van der Waals surface area contributed by atoms with Crippen LogP contribution in [0.5, 0.6) is 0 Å². The van der Waals surface area contributed by atoms with Crippen LogP contribution in [0, 0.1) is 6.92 Å². The van der Waals surface area contributed by atoms with Gasteiger partial charge in [0.2, 0.25) is 0 Å². The van der Waals surface area contributed by atoms with E-state index in [2.05, 4.69) is 4.98 Å². The van der Waals surface area contributed by atoms with Gasteiger partial charge in [0, 0.05) is 19.4 Å². The van der Waals surface area contributed by atoms with Crippen LogP contribution in [-0.4, -0.2) is 15.3 Å². The van der Waals surface area contributed by atoms with Crippen molar-refractivity contribution in [2.24, 2.45) is 7.05 Å². The van der Waals surface area contributed by atoms with Gasteiger partial charge in [-0.2, -0.15) is 0 Å². The normalized spacial score (nSPS) is 10.4. The maximum absolute atomic E-state index is 11.8. The molecule has 2 aromatic rings. The molecule has 4 nitrogen and oxygen atoms in total. The summed E-state index contributed by atoms with van der Waals surface area (Å²) >= 11 is 0. The first-order valence-electron chi connectivity index (χ1n) is 4.26. The molecule has 0 amide bonds. The molecule has 0 aliphatic carbocycles. The van der Waals surface area contributed by atoms with E-state index < -0.39 is 0 Å². The fourth-order valence-electron chi connectivity index (χ4n) is 1.29. The second kappa shape index (κ2) is 3.14. The SMILES string of the molecule is Cc1ccoc1C(=O)c1nccn1C. The van der Waals surface area contributed by atoms with E-state index in [0.29, 0.717) is 11.6 Å². The summed E-state index contributed by atoms with van der Waals surface area (Å²) in [6.45, 7) is 1.83. The van der Waals surface area contributed by atoms with Gasteiger partial charge in [-0.1, -0.05) is 0 Å². The highest BCUT2D eigenvalue weighted by Crippen LogP contribution is 2.13. The Bertz CT molecular complexity index is 426. The molecule has 2 heterocycles. The zero-order chi connectivity index (χ0) is 10.1. The van der Waals surface area contributed by atoms with Gasteiger partial charge in [0.25, 0.3) is 5.78 Å². The van der Waals surface area contributed by atoms with Gasteiger partial charge in [0.05, 0.1) is 6.26 Å². The monoisotopic (exact) mass is 190 g/mol. The standard InChI is InChI=1S/C10H10N2O2/c1-7-3-6-14-9(7)8(13)10-11-4-5-12(10)2/h3-6H,1-2H3. The number of nitrogens with zero attached hydrogens (tertiary/aromatic N) is 2. The highest BCUT2D eigenvalue weighted by atomic mass is 16.3. The Morgan fingerprint density at radius 2 is 2.36 bits per heavy atom. The first-order valence-corrected chi connectivity index (χ1v) is 4.26. The summed E-state index contributed by atoms with van der Waals surface area (Å²) in [7, 11) is 1.78. The molecule has 0 N–H and O–H groups in total. The molecule has 0 aliphatic heterocycles. The lowest BCUT2D eigenvalue weighted by Crippen LogP contribution is -2.08. The Hall–Kier alpha value is -1.84. The highest BCUT2D eigenvalue weighted by Gasteiger charge is 2.18. The van der Waals surface area contributed by atoms with Crippen LogP contribution in [0.4, 0.5) is 0 Å². The molecule has 0 aromatic carbocycles. The second-order valence-electron chi connectivity index (χ2n) is 3.12. The molecule has 0 radical (unpaired) electrons. The predicted molar refractivity (Wildman–Crippen MR) is 50.1 cm³/mol. The summed E-state index contributed by atoms with van der Waals surface area (Å²) in [6.07, 6.45) is 4.82. The molecule has 72 valence electrons. The smallest absolute Gasteiger partial charge is 0.263 e. The third-order valence-electron chi connectivity index (χ3n) is 2.09. The molecule has 0 saturated heterocycles. The van der Waals surface area contributed by atoms with Crippen LogP contribution < -0.4 is 0 Å². The predicted octanol–water partition coefficient (Wildman–Crippen LogP) is 1.55. The number of aromatic nitrogens is 2. The van der Waals surface area contributed by atoms with E-state index in [1.807, 2.05) is 6.92 Å². The van der Waals surface area contributed by atoms with Gasteiger partial charge in [-0.15, -0.1) is 0 Å². The number of ketones is 1. The number of rotatable bonds is 2. The Balaban J connectivity index is 2.44. The van der Waals surface area contributed by atoms with Crippen LogP contribution in [-0.2, 0) is 7.05 Å². The molecule has 4 heteroatoms. The van der Waals surface area contributed by atoms with Crippen molar-refractivity contribution in [3.63, 3.8) is 0 Å². The molecule has 2 rings (SSSR count). The summed E-state index contributed by atoms with van der Waals surface area (Å²) in [5.41, 5.74) is 0.831. The fourth-order valence-corrected chi connectivity index (χ4v) is 1.29. The molecule has 0 bridgehead atoms. The van der Waals surface area contributed by atoms with E-state index in [-0.39, 0.29) is 5.78 Å². The van der Waals surface area contributed by atoms with E-state index >= 15 is 0 Å². The largest absolute Gasteiger partial charge is 0.460 e. The van der Waals surface area contributed by atoms with Crippen molar-refractivity contribution >= 4 is 5.78 Å². The highest BCUT2D eigenvalue weighted by molar-refractivity contribution is 6.05. The minimum absolute atomic E-state index is 0.181. The molecular formula is C10H10N2O2. The van der Waals surface area contributed by atoms with Gasteiger partial charge < -0.3 is 8.98 Å². The van der Waals surface area contributed by atoms with E-state index in [0.717, 1.165) is 5.56 Å². The third kappa shape index (κ3) is 1.25.